The van der Waals surface area contributed by atoms with Crippen LogP contribution in [0.4, 0.5) is 0 Å². The number of carbonyl (C=O) groups is 4. The quantitative estimate of drug-likeness (QED) is 0.345. The molecule has 0 radical (unpaired) electrons. The van der Waals surface area contributed by atoms with Crippen LogP contribution in [0.1, 0.15) is 34.1 Å². The van der Waals surface area contributed by atoms with Gasteiger partial charge in [-0.1, -0.05) is 0 Å². The molecule has 1 amide bonds. The van der Waals surface area contributed by atoms with Crippen LogP contribution in [0, 0.1) is 0 Å². The van der Waals surface area contributed by atoms with Crippen LogP contribution in [0.15, 0.2) is 0 Å². The lowest BCUT2D eigenvalue weighted by Gasteiger charge is -2.39. The van der Waals surface area contributed by atoms with Gasteiger partial charge in [-0.3, -0.25) is 19.2 Å². The van der Waals surface area contributed by atoms with Crippen LogP contribution in [-0.2, 0) is 42.9 Å². The topological polar surface area (TPSA) is 126 Å². The molecule has 0 saturated carbocycles. The molecule has 1 fully saturated rings. The van der Waals surface area contributed by atoms with Gasteiger partial charge in [-0.25, -0.2) is 0 Å². The Morgan fingerprint density at radius 1 is 1.00 bits per heavy atom. The van der Waals surface area contributed by atoms with E-state index in [9.17, 15) is 19.2 Å². The lowest BCUT2D eigenvalue weighted by atomic mass is 10.0. The summed E-state index contributed by atoms with van der Waals surface area (Å²) in [5.41, 5.74) is 0. The molecule has 10 nitrogen and oxygen atoms in total. The van der Waals surface area contributed by atoms with Crippen LogP contribution < -0.4 is 5.32 Å². The maximum Gasteiger partial charge on any atom is 0.303 e. The van der Waals surface area contributed by atoms with Crippen molar-refractivity contribution in [1.29, 1.82) is 0 Å². The predicted molar refractivity (Wildman–Crippen MR) is 85.7 cm³/mol. The standard InChI is InChI=1S/C16H25NO9/c1-9(18)17-5-6-22-15-7-13(24-11(3)20)16(25-12(4)21)14(26-15)8-23-10(2)19/h13-16H,5-8H2,1-4H3,(H,17,18)/t13-,14-,15+,16+/m1/s1. The Balaban J connectivity index is 2.80. The average Bonchev–Trinajstić information content (AvgIpc) is 2.51. The van der Waals surface area contributed by atoms with E-state index in [1.807, 2.05) is 0 Å². The molecular formula is C16H25NO9. The highest BCUT2D eigenvalue weighted by Crippen LogP contribution is 2.27. The van der Waals surface area contributed by atoms with Gasteiger partial charge in [-0.2, -0.15) is 0 Å². The Hall–Kier alpha value is -2.20. The second-order valence-electron chi connectivity index (χ2n) is 5.72. The summed E-state index contributed by atoms with van der Waals surface area (Å²) in [7, 11) is 0. The van der Waals surface area contributed by atoms with Gasteiger partial charge >= 0.3 is 17.9 Å². The van der Waals surface area contributed by atoms with Crippen molar-refractivity contribution >= 4 is 23.8 Å². The molecule has 1 saturated heterocycles. The van der Waals surface area contributed by atoms with Crippen LogP contribution in [0.25, 0.3) is 0 Å². The Labute approximate surface area is 151 Å². The second-order valence-corrected chi connectivity index (χ2v) is 5.72. The monoisotopic (exact) mass is 375 g/mol. The van der Waals surface area contributed by atoms with E-state index in [0.717, 1.165) is 0 Å². The predicted octanol–water partition coefficient (Wildman–Crippen LogP) is -0.319. The largest absolute Gasteiger partial charge is 0.463 e. The summed E-state index contributed by atoms with van der Waals surface area (Å²) in [5.74, 6) is -1.88. The number of ether oxygens (including phenoxy) is 5. The van der Waals surface area contributed by atoms with E-state index in [0.29, 0.717) is 0 Å². The fourth-order valence-electron chi connectivity index (χ4n) is 2.42. The summed E-state index contributed by atoms with van der Waals surface area (Å²) in [6, 6.07) is 0. The molecule has 0 spiro atoms. The highest BCUT2D eigenvalue weighted by atomic mass is 16.7. The van der Waals surface area contributed by atoms with E-state index in [2.05, 4.69) is 5.32 Å². The molecule has 1 aliphatic rings. The zero-order valence-electron chi connectivity index (χ0n) is 15.3. The van der Waals surface area contributed by atoms with Gasteiger partial charge < -0.3 is 29.0 Å². The SMILES string of the molecule is CC(=O)NCCO[C@@H]1C[C@@H](OC(C)=O)[C@H](OC(C)=O)[C@@H](COC(C)=O)O1. The van der Waals surface area contributed by atoms with Gasteiger partial charge in [-0.05, 0) is 0 Å². The molecule has 1 heterocycles. The smallest absolute Gasteiger partial charge is 0.303 e. The number of carbonyl (C=O) groups excluding carboxylic acids is 4. The van der Waals surface area contributed by atoms with Gasteiger partial charge in [0.2, 0.25) is 5.91 Å². The third-order valence-electron chi connectivity index (χ3n) is 3.33. The van der Waals surface area contributed by atoms with Crippen molar-refractivity contribution in [2.75, 3.05) is 19.8 Å². The van der Waals surface area contributed by atoms with Crippen molar-refractivity contribution in [3.63, 3.8) is 0 Å². The van der Waals surface area contributed by atoms with Crippen molar-refractivity contribution in [1.82, 2.24) is 5.32 Å². The summed E-state index contributed by atoms with van der Waals surface area (Å²) in [6.45, 7) is 5.29. The summed E-state index contributed by atoms with van der Waals surface area (Å²) in [6.07, 6.45) is -3.30. The highest BCUT2D eigenvalue weighted by Gasteiger charge is 2.44. The highest BCUT2D eigenvalue weighted by molar-refractivity contribution is 5.72. The number of amides is 1. The summed E-state index contributed by atoms with van der Waals surface area (Å²) >= 11 is 0. The van der Waals surface area contributed by atoms with E-state index >= 15 is 0 Å². The number of esters is 3. The normalized spacial score (nSPS) is 25.1. The van der Waals surface area contributed by atoms with Crippen LogP contribution in [0.3, 0.4) is 0 Å². The number of hydrogen-bond donors (Lipinski definition) is 1. The molecule has 0 unspecified atom stereocenters. The van der Waals surface area contributed by atoms with Crippen molar-refractivity contribution in [3.05, 3.63) is 0 Å². The minimum absolute atomic E-state index is 0.119. The first-order valence-electron chi connectivity index (χ1n) is 8.18. The Morgan fingerprint density at radius 3 is 2.19 bits per heavy atom. The second kappa shape index (κ2) is 10.7. The molecule has 10 heteroatoms. The Kier molecular flexibility index (Phi) is 9.00. The first-order valence-corrected chi connectivity index (χ1v) is 8.18. The lowest BCUT2D eigenvalue weighted by molar-refractivity contribution is -0.265. The zero-order chi connectivity index (χ0) is 19.7. The van der Waals surface area contributed by atoms with E-state index in [-0.39, 0.29) is 32.1 Å². The van der Waals surface area contributed by atoms with Crippen molar-refractivity contribution in [3.8, 4) is 0 Å². The van der Waals surface area contributed by atoms with Crippen molar-refractivity contribution in [2.24, 2.45) is 0 Å². The van der Waals surface area contributed by atoms with E-state index < -0.39 is 42.5 Å². The maximum atomic E-state index is 11.4. The number of hydrogen-bond acceptors (Lipinski definition) is 9. The van der Waals surface area contributed by atoms with Crippen LogP contribution in [0.2, 0.25) is 0 Å². The first kappa shape index (κ1) is 21.8. The summed E-state index contributed by atoms with van der Waals surface area (Å²) in [5, 5.41) is 2.57. The molecule has 26 heavy (non-hydrogen) atoms. The minimum atomic E-state index is -0.939. The van der Waals surface area contributed by atoms with Gasteiger partial charge in [-0.15, -0.1) is 0 Å². The van der Waals surface area contributed by atoms with E-state index in [1.165, 1.54) is 27.7 Å². The minimum Gasteiger partial charge on any atom is -0.463 e. The molecule has 0 aromatic heterocycles. The van der Waals surface area contributed by atoms with E-state index in [1.54, 1.807) is 0 Å². The summed E-state index contributed by atoms with van der Waals surface area (Å²) < 4.78 is 26.6. The molecule has 0 aromatic carbocycles. The first-order chi connectivity index (χ1) is 12.2. The zero-order valence-corrected chi connectivity index (χ0v) is 15.3. The van der Waals surface area contributed by atoms with Crippen molar-refractivity contribution in [2.45, 2.75) is 58.7 Å². The molecule has 0 bridgehead atoms. The third-order valence-corrected chi connectivity index (χ3v) is 3.33. The molecular weight excluding hydrogens is 350 g/mol. The fraction of sp³-hybridized carbons (Fsp3) is 0.750. The lowest BCUT2D eigenvalue weighted by Crippen LogP contribution is -2.54. The molecule has 1 aliphatic heterocycles. The molecule has 1 N–H and O–H groups in total. The fourth-order valence-corrected chi connectivity index (χ4v) is 2.42. The van der Waals surface area contributed by atoms with E-state index in [4.69, 9.17) is 23.7 Å². The third kappa shape index (κ3) is 8.26. The number of nitrogens with one attached hydrogen (secondary N) is 1. The van der Waals surface area contributed by atoms with Gasteiger partial charge in [0.15, 0.2) is 12.4 Å². The van der Waals surface area contributed by atoms with Crippen molar-refractivity contribution < 1.29 is 42.9 Å². The molecule has 0 aliphatic carbocycles. The summed E-state index contributed by atoms with van der Waals surface area (Å²) in [4.78, 5) is 44.7. The Morgan fingerprint density at radius 2 is 1.65 bits per heavy atom. The Bertz CT molecular complexity index is 522. The average molecular weight is 375 g/mol. The number of rotatable bonds is 8. The van der Waals surface area contributed by atoms with Crippen LogP contribution >= 0.6 is 0 Å². The van der Waals surface area contributed by atoms with Crippen LogP contribution in [-0.4, -0.2) is 68.2 Å². The van der Waals surface area contributed by atoms with Gasteiger partial charge in [0.1, 0.15) is 18.8 Å². The van der Waals surface area contributed by atoms with Gasteiger partial charge in [0.05, 0.1) is 6.61 Å². The molecule has 1 rings (SSSR count). The maximum absolute atomic E-state index is 11.4. The molecule has 0 aromatic rings. The molecule has 4 atom stereocenters. The van der Waals surface area contributed by atoms with Gasteiger partial charge in [0.25, 0.3) is 0 Å². The van der Waals surface area contributed by atoms with Crippen LogP contribution in [0.5, 0.6) is 0 Å². The molecule has 148 valence electrons. The van der Waals surface area contributed by atoms with Gasteiger partial charge in [0, 0.05) is 40.7 Å².